The minimum atomic E-state index is -0.232. The molecule has 0 saturated carbocycles. The SMILES string of the molecule is CCC(C)c1ccc2nc(NC(=O)/C=C/c3ccc(OCc4ccccc4)c(OC)c3)sc2c1. The van der Waals surface area contributed by atoms with E-state index in [9.17, 15) is 4.79 Å². The second kappa shape index (κ2) is 11.0. The lowest BCUT2D eigenvalue weighted by molar-refractivity contribution is -0.111. The van der Waals surface area contributed by atoms with Crippen molar-refractivity contribution in [3.8, 4) is 11.5 Å². The molecule has 0 aliphatic rings. The zero-order valence-electron chi connectivity index (χ0n) is 19.6. The summed E-state index contributed by atoms with van der Waals surface area (Å²) in [4.78, 5) is 17.0. The number of amides is 1. The summed E-state index contributed by atoms with van der Waals surface area (Å²) >= 11 is 1.49. The first-order valence-corrected chi connectivity index (χ1v) is 12.1. The summed E-state index contributed by atoms with van der Waals surface area (Å²) in [5, 5.41) is 3.46. The van der Waals surface area contributed by atoms with Crippen molar-refractivity contribution in [1.82, 2.24) is 4.98 Å². The van der Waals surface area contributed by atoms with Gasteiger partial charge in [0.1, 0.15) is 6.61 Å². The van der Waals surface area contributed by atoms with Crippen LogP contribution in [0.25, 0.3) is 16.3 Å². The number of methoxy groups -OCH3 is 1. The number of thiazole rings is 1. The predicted octanol–water partition coefficient (Wildman–Crippen LogP) is 7.05. The van der Waals surface area contributed by atoms with E-state index in [1.54, 1.807) is 13.2 Å². The van der Waals surface area contributed by atoms with Crippen LogP contribution in [-0.4, -0.2) is 18.0 Å². The van der Waals surface area contributed by atoms with Gasteiger partial charge in [0, 0.05) is 6.08 Å². The molecule has 1 unspecified atom stereocenters. The number of hydrogen-bond donors (Lipinski definition) is 1. The summed E-state index contributed by atoms with van der Waals surface area (Å²) in [5.41, 5.74) is 4.10. The summed E-state index contributed by atoms with van der Waals surface area (Å²) < 4.78 is 12.5. The molecule has 1 aromatic heterocycles. The van der Waals surface area contributed by atoms with Gasteiger partial charge >= 0.3 is 0 Å². The lowest BCUT2D eigenvalue weighted by Crippen LogP contribution is -2.07. The van der Waals surface area contributed by atoms with Crippen molar-refractivity contribution in [3.63, 3.8) is 0 Å². The Morgan fingerprint density at radius 2 is 1.91 bits per heavy atom. The number of nitrogens with zero attached hydrogens (tertiary/aromatic N) is 1. The van der Waals surface area contributed by atoms with Gasteiger partial charge in [0.2, 0.25) is 5.91 Å². The lowest BCUT2D eigenvalue weighted by atomic mass is 9.99. The smallest absolute Gasteiger partial charge is 0.250 e. The van der Waals surface area contributed by atoms with Crippen molar-refractivity contribution in [2.24, 2.45) is 0 Å². The Morgan fingerprint density at radius 1 is 1.09 bits per heavy atom. The Kier molecular flexibility index (Phi) is 7.60. The average molecular weight is 473 g/mol. The first kappa shape index (κ1) is 23.5. The fourth-order valence-corrected chi connectivity index (χ4v) is 4.42. The minimum Gasteiger partial charge on any atom is -0.493 e. The van der Waals surface area contributed by atoms with Crippen molar-refractivity contribution >= 4 is 38.7 Å². The van der Waals surface area contributed by atoms with Gasteiger partial charge < -0.3 is 9.47 Å². The van der Waals surface area contributed by atoms with E-state index in [1.165, 1.54) is 23.0 Å². The maximum atomic E-state index is 12.5. The second-order valence-electron chi connectivity index (χ2n) is 8.06. The minimum absolute atomic E-state index is 0.232. The second-order valence-corrected chi connectivity index (χ2v) is 9.09. The van der Waals surface area contributed by atoms with Crippen LogP contribution in [0.4, 0.5) is 5.13 Å². The maximum absolute atomic E-state index is 12.5. The van der Waals surface area contributed by atoms with E-state index in [0.29, 0.717) is 29.2 Å². The summed E-state index contributed by atoms with van der Waals surface area (Å²) in [5.74, 6) is 1.53. The number of anilines is 1. The van der Waals surface area contributed by atoms with E-state index >= 15 is 0 Å². The zero-order valence-corrected chi connectivity index (χ0v) is 20.4. The molecule has 0 saturated heterocycles. The molecule has 5 nitrogen and oxygen atoms in total. The van der Waals surface area contributed by atoms with Crippen molar-refractivity contribution in [2.75, 3.05) is 12.4 Å². The average Bonchev–Trinajstić information content (AvgIpc) is 3.27. The van der Waals surface area contributed by atoms with Gasteiger partial charge in [-0.25, -0.2) is 4.98 Å². The number of ether oxygens (including phenoxy) is 2. The van der Waals surface area contributed by atoms with Crippen LogP contribution < -0.4 is 14.8 Å². The molecule has 1 N–H and O–H groups in total. The van der Waals surface area contributed by atoms with Gasteiger partial charge in [0.25, 0.3) is 0 Å². The number of rotatable bonds is 9. The predicted molar refractivity (Wildman–Crippen MR) is 140 cm³/mol. The van der Waals surface area contributed by atoms with E-state index in [1.807, 2.05) is 54.6 Å². The van der Waals surface area contributed by atoms with Crippen LogP contribution in [0, 0.1) is 0 Å². The Bertz CT molecular complexity index is 1300. The first-order chi connectivity index (χ1) is 16.6. The Balaban J connectivity index is 1.40. The highest BCUT2D eigenvalue weighted by Gasteiger charge is 2.10. The van der Waals surface area contributed by atoms with Crippen molar-refractivity contribution < 1.29 is 14.3 Å². The Hall–Kier alpha value is -3.64. The molecule has 1 amide bonds. The van der Waals surface area contributed by atoms with Gasteiger partial charge in [0.05, 0.1) is 17.3 Å². The fraction of sp³-hybridized carbons (Fsp3) is 0.214. The lowest BCUT2D eigenvalue weighted by Gasteiger charge is -2.11. The van der Waals surface area contributed by atoms with Gasteiger partial charge in [0.15, 0.2) is 16.6 Å². The zero-order chi connectivity index (χ0) is 23.9. The van der Waals surface area contributed by atoms with Crippen LogP contribution in [0.1, 0.15) is 42.9 Å². The number of nitrogens with one attached hydrogen (secondary N) is 1. The molecular weight excluding hydrogens is 444 g/mol. The van der Waals surface area contributed by atoms with E-state index in [-0.39, 0.29) is 5.91 Å². The van der Waals surface area contributed by atoms with E-state index in [0.717, 1.165) is 27.8 Å². The molecule has 0 aliphatic carbocycles. The summed E-state index contributed by atoms with van der Waals surface area (Å²) in [6.07, 6.45) is 4.33. The number of carbonyl (C=O) groups is 1. The molecule has 4 aromatic rings. The van der Waals surface area contributed by atoms with Gasteiger partial charge in [-0.05, 0) is 59.4 Å². The van der Waals surface area contributed by atoms with Crippen LogP contribution in [0.15, 0.2) is 72.8 Å². The maximum Gasteiger partial charge on any atom is 0.250 e. The molecule has 1 heterocycles. The summed E-state index contributed by atoms with van der Waals surface area (Å²) in [7, 11) is 1.60. The molecule has 174 valence electrons. The molecule has 6 heteroatoms. The van der Waals surface area contributed by atoms with Gasteiger partial charge in [-0.15, -0.1) is 0 Å². The highest BCUT2D eigenvalue weighted by molar-refractivity contribution is 7.22. The normalized spacial score (nSPS) is 12.1. The van der Waals surface area contributed by atoms with Gasteiger partial charge in [-0.1, -0.05) is 67.6 Å². The summed E-state index contributed by atoms with van der Waals surface area (Å²) in [6.45, 7) is 4.85. The van der Waals surface area contributed by atoms with Crippen molar-refractivity contribution in [3.05, 3.63) is 89.5 Å². The van der Waals surface area contributed by atoms with E-state index < -0.39 is 0 Å². The van der Waals surface area contributed by atoms with Crippen LogP contribution in [-0.2, 0) is 11.4 Å². The largest absolute Gasteiger partial charge is 0.493 e. The molecular formula is C28H28N2O3S. The van der Waals surface area contributed by atoms with Crippen LogP contribution in [0.5, 0.6) is 11.5 Å². The topological polar surface area (TPSA) is 60.5 Å². The molecule has 0 bridgehead atoms. The van der Waals surface area contributed by atoms with Crippen molar-refractivity contribution in [1.29, 1.82) is 0 Å². The standard InChI is InChI=1S/C28H28N2O3S/c1-4-19(2)22-12-13-23-26(17-22)34-28(29-23)30-27(31)15-11-20-10-14-24(25(16-20)32-3)33-18-21-8-6-5-7-9-21/h5-17,19H,4,18H2,1-3H3,(H,29,30,31)/b15-11+. The number of carbonyl (C=O) groups excluding carboxylic acids is 1. The molecule has 4 rings (SSSR count). The molecule has 34 heavy (non-hydrogen) atoms. The van der Waals surface area contributed by atoms with Crippen LogP contribution in [0.3, 0.4) is 0 Å². The monoisotopic (exact) mass is 472 g/mol. The molecule has 0 radical (unpaired) electrons. The van der Waals surface area contributed by atoms with Gasteiger partial charge in [-0.2, -0.15) is 0 Å². The number of fused-ring (bicyclic) bond motifs is 1. The van der Waals surface area contributed by atoms with Gasteiger partial charge in [-0.3, -0.25) is 10.1 Å². The third-order valence-electron chi connectivity index (χ3n) is 5.68. The summed E-state index contributed by atoms with van der Waals surface area (Å²) in [6, 6.07) is 21.8. The molecule has 0 fully saturated rings. The van der Waals surface area contributed by atoms with E-state index in [4.69, 9.17) is 9.47 Å². The Labute approximate surface area is 204 Å². The van der Waals surface area contributed by atoms with Crippen molar-refractivity contribution in [2.45, 2.75) is 32.8 Å². The third-order valence-corrected chi connectivity index (χ3v) is 6.61. The van der Waals surface area contributed by atoms with Crippen LogP contribution in [0.2, 0.25) is 0 Å². The van der Waals surface area contributed by atoms with Crippen LogP contribution >= 0.6 is 11.3 Å². The molecule has 1 atom stereocenters. The highest BCUT2D eigenvalue weighted by atomic mass is 32.1. The van der Waals surface area contributed by atoms with E-state index in [2.05, 4.69) is 36.3 Å². The number of benzene rings is 3. The third kappa shape index (κ3) is 5.83. The fourth-order valence-electron chi connectivity index (χ4n) is 3.50. The molecule has 0 aliphatic heterocycles. The number of hydrogen-bond acceptors (Lipinski definition) is 5. The molecule has 3 aromatic carbocycles. The highest BCUT2D eigenvalue weighted by Crippen LogP contribution is 2.31. The Morgan fingerprint density at radius 3 is 2.68 bits per heavy atom. The quantitative estimate of drug-likeness (QED) is 0.265. The first-order valence-electron chi connectivity index (χ1n) is 11.3. The molecule has 0 spiro atoms. The number of aromatic nitrogens is 1.